The van der Waals surface area contributed by atoms with Crippen molar-refractivity contribution in [1.82, 2.24) is 0 Å². The molecule has 0 heterocycles. The molecule has 5 heteroatoms. The van der Waals surface area contributed by atoms with Crippen molar-refractivity contribution >= 4 is 23.1 Å². The largest absolute Gasteiger partial charge is 0.381 e. The van der Waals surface area contributed by atoms with Crippen LogP contribution in [0, 0.1) is 10.1 Å². The third-order valence-electron chi connectivity index (χ3n) is 2.71. The van der Waals surface area contributed by atoms with E-state index in [9.17, 15) is 10.1 Å². The van der Waals surface area contributed by atoms with Crippen LogP contribution < -0.4 is 5.32 Å². The molecule has 19 heavy (non-hydrogen) atoms. The summed E-state index contributed by atoms with van der Waals surface area (Å²) in [4.78, 5) is 11.5. The standard InChI is InChI=1S/C14H14N2O2S/c1-19-14-7-5-12(6-8-14)15-10-11-3-2-4-13(9-11)16(17)18/h2-9,15H,10H2,1H3. The number of rotatable bonds is 5. The van der Waals surface area contributed by atoms with Crippen LogP contribution in [-0.2, 0) is 6.54 Å². The molecule has 0 fully saturated rings. The molecule has 0 amide bonds. The monoisotopic (exact) mass is 274 g/mol. The first-order chi connectivity index (χ1) is 9.19. The number of hydrogen-bond donors (Lipinski definition) is 1. The zero-order chi connectivity index (χ0) is 13.7. The Morgan fingerprint density at radius 2 is 1.95 bits per heavy atom. The molecule has 0 radical (unpaired) electrons. The fraction of sp³-hybridized carbons (Fsp3) is 0.143. The fourth-order valence-electron chi connectivity index (χ4n) is 1.69. The summed E-state index contributed by atoms with van der Waals surface area (Å²) in [6, 6.07) is 14.7. The number of thioether (sulfide) groups is 1. The molecule has 0 unspecified atom stereocenters. The smallest absolute Gasteiger partial charge is 0.269 e. The lowest BCUT2D eigenvalue weighted by Gasteiger charge is -2.07. The van der Waals surface area contributed by atoms with Gasteiger partial charge in [0.1, 0.15) is 0 Å². The lowest BCUT2D eigenvalue weighted by molar-refractivity contribution is -0.384. The van der Waals surface area contributed by atoms with Crippen LogP contribution in [0.2, 0.25) is 0 Å². The third-order valence-corrected chi connectivity index (χ3v) is 3.45. The lowest BCUT2D eigenvalue weighted by Crippen LogP contribution is -1.99. The van der Waals surface area contributed by atoms with Crippen molar-refractivity contribution in [3.8, 4) is 0 Å². The van der Waals surface area contributed by atoms with Crippen LogP contribution in [-0.4, -0.2) is 11.2 Å². The van der Waals surface area contributed by atoms with Gasteiger partial charge in [-0.15, -0.1) is 11.8 Å². The topological polar surface area (TPSA) is 55.2 Å². The third kappa shape index (κ3) is 3.72. The van der Waals surface area contributed by atoms with Crippen LogP contribution in [0.4, 0.5) is 11.4 Å². The Morgan fingerprint density at radius 3 is 2.58 bits per heavy atom. The Bertz CT molecular complexity index is 570. The van der Waals surface area contributed by atoms with E-state index >= 15 is 0 Å². The zero-order valence-electron chi connectivity index (χ0n) is 10.5. The maximum atomic E-state index is 10.7. The van der Waals surface area contributed by atoms with E-state index in [1.807, 2.05) is 36.6 Å². The highest BCUT2D eigenvalue weighted by Crippen LogP contribution is 2.19. The molecule has 0 aliphatic rings. The molecular formula is C14H14N2O2S. The molecule has 1 N–H and O–H groups in total. The Kier molecular flexibility index (Phi) is 4.41. The molecule has 0 aliphatic carbocycles. The first-order valence-corrected chi connectivity index (χ1v) is 7.03. The van der Waals surface area contributed by atoms with Crippen LogP contribution in [0.15, 0.2) is 53.4 Å². The molecule has 2 rings (SSSR count). The van der Waals surface area contributed by atoms with Crippen LogP contribution >= 0.6 is 11.8 Å². The highest BCUT2D eigenvalue weighted by Gasteiger charge is 2.05. The molecule has 2 aromatic carbocycles. The second-order valence-electron chi connectivity index (χ2n) is 4.01. The molecule has 0 aromatic heterocycles. The number of nitro groups is 1. The minimum atomic E-state index is -0.378. The van der Waals surface area contributed by atoms with Gasteiger partial charge in [-0.3, -0.25) is 10.1 Å². The van der Waals surface area contributed by atoms with E-state index in [4.69, 9.17) is 0 Å². The van der Waals surface area contributed by atoms with Crippen molar-refractivity contribution in [2.24, 2.45) is 0 Å². The lowest BCUT2D eigenvalue weighted by atomic mass is 10.2. The summed E-state index contributed by atoms with van der Waals surface area (Å²) in [7, 11) is 0. The molecule has 0 spiro atoms. The quantitative estimate of drug-likeness (QED) is 0.510. The zero-order valence-corrected chi connectivity index (χ0v) is 11.3. The summed E-state index contributed by atoms with van der Waals surface area (Å²) >= 11 is 1.69. The Morgan fingerprint density at radius 1 is 1.21 bits per heavy atom. The first kappa shape index (κ1) is 13.4. The van der Waals surface area contributed by atoms with Crippen LogP contribution in [0.3, 0.4) is 0 Å². The van der Waals surface area contributed by atoms with Crippen molar-refractivity contribution in [2.45, 2.75) is 11.4 Å². The van der Waals surface area contributed by atoms with E-state index in [-0.39, 0.29) is 10.6 Å². The van der Waals surface area contributed by atoms with Gasteiger partial charge in [-0.2, -0.15) is 0 Å². The molecule has 0 saturated carbocycles. The van der Waals surface area contributed by atoms with E-state index in [1.54, 1.807) is 23.9 Å². The number of nitro benzene ring substituents is 1. The second-order valence-corrected chi connectivity index (χ2v) is 4.89. The van der Waals surface area contributed by atoms with Gasteiger partial charge in [0.2, 0.25) is 0 Å². The van der Waals surface area contributed by atoms with Crippen LogP contribution in [0.5, 0.6) is 0 Å². The van der Waals surface area contributed by atoms with Crippen LogP contribution in [0.1, 0.15) is 5.56 Å². The number of hydrogen-bond acceptors (Lipinski definition) is 4. The summed E-state index contributed by atoms with van der Waals surface area (Å²) < 4.78 is 0. The minimum Gasteiger partial charge on any atom is -0.381 e. The number of non-ortho nitro benzene ring substituents is 1. The summed E-state index contributed by atoms with van der Waals surface area (Å²) in [5.41, 5.74) is 2.02. The maximum Gasteiger partial charge on any atom is 0.269 e. The molecule has 0 bridgehead atoms. The summed E-state index contributed by atoms with van der Waals surface area (Å²) in [5.74, 6) is 0. The summed E-state index contributed by atoms with van der Waals surface area (Å²) in [6.07, 6.45) is 2.03. The highest BCUT2D eigenvalue weighted by atomic mass is 32.2. The number of nitrogens with one attached hydrogen (secondary N) is 1. The number of nitrogens with zero attached hydrogens (tertiary/aromatic N) is 1. The van der Waals surface area contributed by atoms with Crippen molar-refractivity contribution < 1.29 is 4.92 Å². The van der Waals surface area contributed by atoms with Gasteiger partial charge in [0.25, 0.3) is 5.69 Å². The Labute approximate surface area is 116 Å². The molecule has 0 saturated heterocycles. The van der Waals surface area contributed by atoms with Gasteiger partial charge >= 0.3 is 0 Å². The Balaban J connectivity index is 2.01. The number of benzene rings is 2. The molecule has 98 valence electrons. The minimum absolute atomic E-state index is 0.122. The normalized spacial score (nSPS) is 10.2. The van der Waals surface area contributed by atoms with Gasteiger partial charge in [-0.25, -0.2) is 0 Å². The first-order valence-electron chi connectivity index (χ1n) is 5.80. The second kappa shape index (κ2) is 6.24. The molecule has 2 aromatic rings. The van der Waals surface area contributed by atoms with Gasteiger partial charge < -0.3 is 5.32 Å². The van der Waals surface area contributed by atoms with Crippen LogP contribution in [0.25, 0.3) is 0 Å². The van der Waals surface area contributed by atoms with Crippen molar-refractivity contribution in [3.63, 3.8) is 0 Å². The SMILES string of the molecule is CSc1ccc(NCc2cccc([N+](=O)[O-])c2)cc1. The summed E-state index contributed by atoms with van der Waals surface area (Å²) in [6.45, 7) is 0.570. The molecule has 0 atom stereocenters. The average molecular weight is 274 g/mol. The predicted molar refractivity (Wildman–Crippen MR) is 78.6 cm³/mol. The predicted octanol–water partition coefficient (Wildman–Crippen LogP) is 3.93. The maximum absolute atomic E-state index is 10.7. The van der Waals surface area contributed by atoms with E-state index in [2.05, 4.69) is 5.32 Å². The van der Waals surface area contributed by atoms with Crippen molar-refractivity contribution in [2.75, 3.05) is 11.6 Å². The fourth-order valence-corrected chi connectivity index (χ4v) is 2.10. The Hall–Kier alpha value is -2.01. The molecule has 0 aliphatic heterocycles. The summed E-state index contributed by atoms with van der Waals surface area (Å²) in [5, 5.41) is 13.9. The van der Waals surface area contributed by atoms with Crippen molar-refractivity contribution in [3.05, 3.63) is 64.2 Å². The molecular weight excluding hydrogens is 260 g/mol. The van der Waals surface area contributed by atoms with E-state index in [0.29, 0.717) is 6.54 Å². The van der Waals surface area contributed by atoms with E-state index in [0.717, 1.165) is 11.3 Å². The van der Waals surface area contributed by atoms with E-state index < -0.39 is 0 Å². The highest BCUT2D eigenvalue weighted by molar-refractivity contribution is 7.98. The van der Waals surface area contributed by atoms with Gasteiger partial charge in [0.05, 0.1) is 4.92 Å². The van der Waals surface area contributed by atoms with Gasteiger partial charge in [-0.05, 0) is 36.1 Å². The van der Waals surface area contributed by atoms with Gasteiger partial charge in [-0.1, -0.05) is 12.1 Å². The van der Waals surface area contributed by atoms with E-state index in [1.165, 1.54) is 11.0 Å². The van der Waals surface area contributed by atoms with Crippen molar-refractivity contribution in [1.29, 1.82) is 0 Å². The van der Waals surface area contributed by atoms with Gasteiger partial charge in [0, 0.05) is 29.3 Å². The van der Waals surface area contributed by atoms with Gasteiger partial charge in [0.15, 0.2) is 0 Å². The average Bonchev–Trinajstić information content (AvgIpc) is 2.46. The number of anilines is 1. The molecule has 4 nitrogen and oxygen atoms in total.